The molecule has 0 bridgehead atoms. The molecule has 1 unspecified atom stereocenters. The van der Waals surface area contributed by atoms with Crippen LogP contribution < -0.4 is 0 Å². The predicted octanol–water partition coefficient (Wildman–Crippen LogP) is 3.95. The van der Waals surface area contributed by atoms with Crippen LogP contribution in [0, 0.1) is 0 Å². The summed E-state index contributed by atoms with van der Waals surface area (Å²) >= 11 is 15.7. The van der Waals surface area contributed by atoms with E-state index in [-0.39, 0.29) is 0 Å². The van der Waals surface area contributed by atoms with Crippen molar-refractivity contribution in [3.63, 3.8) is 0 Å². The van der Waals surface area contributed by atoms with Gasteiger partial charge < -0.3 is 0 Å². The Hall–Kier alpha value is 1.06. The molecule has 0 aliphatic carbocycles. The van der Waals surface area contributed by atoms with Crippen molar-refractivity contribution in [2.75, 3.05) is 0 Å². The first-order chi connectivity index (χ1) is 4.45. The third-order valence-corrected chi connectivity index (χ3v) is 2.16. The van der Waals surface area contributed by atoms with Crippen molar-refractivity contribution in [3.8, 4) is 0 Å². The highest BCUT2D eigenvalue weighted by atomic mass is 35.9. The van der Waals surface area contributed by atoms with Gasteiger partial charge in [-0.1, -0.05) is 24.9 Å². The quantitative estimate of drug-likeness (QED) is 0.535. The molecule has 0 rings (SSSR count). The van der Waals surface area contributed by atoms with Gasteiger partial charge in [0.05, 0.1) is 0 Å². The van der Waals surface area contributed by atoms with Gasteiger partial charge in [0.2, 0.25) is 0 Å². The number of hydrogen-bond donors (Lipinski definition) is 0. The average Bonchev–Trinajstić information content (AvgIpc) is 1.59. The number of halogens is 3. The highest BCUT2D eigenvalue weighted by Gasteiger charge is 2.19. The van der Waals surface area contributed by atoms with Gasteiger partial charge in [-0.15, -0.1) is 0 Å². The minimum Gasteiger partial charge on any atom is -0.287 e. The molecule has 2 nitrogen and oxygen atoms in total. The molecule has 0 aliphatic rings. The summed E-state index contributed by atoms with van der Waals surface area (Å²) in [6.45, 7) is 1.92. The lowest BCUT2D eigenvalue weighted by atomic mass is 10.4. The second-order valence-corrected chi connectivity index (χ2v) is 6.43. The van der Waals surface area contributed by atoms with E-state index in [1.807, 2.05) is 6.92 Å². The molecule has 1 atom stereocenters. The highest BCUT2D eigenvalue weighted by molar-refractivity contribution is 8.05. The minimum atomic E-state index is -3.44. The van der Waals surface area contributed by atoms with Crippen molar-refractivity contribution in [2.24, 2.45) is 0 Å². The van der Waals surface area contributed by atoms with E-state index < -0.39 is 11.6 Å². The van der Waals surface area contributed by atoms with Crippen LogP contribution in [0.5, 0.6) is 0 Å². The average molecular weight is 225 g/mol. The maximum Gasteiger partial charge on any atom is 0.381 e. The van der Waals surface area contributed by atoms with E-state index in [0.29, 0.717) is 6.42 Å². The summed E-state index contributed by atoms with van der Waals surface area (Å²) in [6, 6.07) is 0. The summed E-state index contributed by atoms with van der Waals surface area (Å²) in [5.41, 5.74) is -0.647. The van der Waals surface area contributed by atoms with Gasteiger partial charge in [0.15, 0.2) is 0 Å². The third kappa shape index (κ3) is 7.17. The van der Waals surface area contributed by atoms with Crippen LogP contribution in [0.15, 0.2) is 0 Å². The zero-order valence-corrected chi connectivity index (χ0v) is 8.55. The van der Waals surface area contributed by atoms with Gasteiger partial charge in [0.25, 0.3) is 0 Å². The van der Waals surface area contributed by atoms with Crippen molar-refractivity contribution in [1.29, 1.82) is 0 Å². The molecule has 0 saturated carbocycles. The van der Waals surface area contributed by atoms with E-state index in [2.05, 4.69) is 4.52 Å². The fraction of sp³-hybridized carbons (Fsp3) is 1.00. The monoisotopic (exact) mass is 224 g/mol. The van der Waals surface area contributed by atoms with Gasteiger partial charge in [-0.25, -0.2) is 0 Å². The molecule has 0 fully saturated rings. The Balaban J connectivity index is 3.58. The lowest BCUT2D eigenvalue weighted by molar-refractivity contribution is 0.286. The Morgan fingerprint density at radius 2 is 2.10 bits per heavy atom. The largest absolute Gasteiger partial charge is 0.381 e. The Morgan fingerprint density at radius 3 is 2.40 bits per heavy atom. The van der Waals surface area contributed by atoms with Crippen molar-refractivity contribution >= 4 is 40.2 Å². The Labute approximate surface area is 74.8 Å². The SMILES string of the molecule is CCCC(Cl)OP(=O)(Cl)Cl. The van der Waals surface area contributed by atoms with E-state index >= 15 is 0 Å². The second kappa shape index (κ2) is 4.84. The zero-order valence-electron chi connectivity index (χ0n) is 5.39. The van der Waals surface area contributed by atoms with Gasteiger partial charge in [-0.2, -0.15) is 0 Å². The van der Waals surface area contributed by atoms with Crippen LogP contribution in [-0.4, -0.2) is 5.56 Å². The summed E-state index contributed by atoms with van der Waals surface area (Å²) in [4.78, 5) is 0. The Morgan fingerprint density at radius 1 is 1.60 bits per heavy atom. The van der Waals surface area contributed by atoms with Crippen LogP contribution in [0.25, 0.3) is 0 Å². The normalized spacial score (nSPS) is 15.2. The number of hydrogen-bond acceptors (Lipinski definition) is 2. The van der Waals surface area contributed by atoms with Gasteiger partial charge in [0.1, 0.15) is 5.56 Å². The number of alkyl halides is 1. The maximum atomic E-state index is 10.5. The minimum absolute atomic E-state index is 0.588. The molecule has 6 heteroatoms. The van der Waals surface area contributed by atoms with Gasteiger partial charge in [0, 0.05) is 0 Å². The lowest BCUT2D eigenvalue weighted by Gasteiger charge is -2.08. The Bertz CT molecular complexity index is 134. The lowest BCUT2D eigenvalue weighted by Crippen LogP contribution is -1.98. The van der Waals surface area contributed by atoms with Crippen molar-refractivity contribution in [2.45, 2.75) is 25.3 Å². The second-order valence-electron chi connectivity index (χ2n) is 1.72. The molecular weight excluding hydrogens is 217 g/mol. The summed E-state index contributed by atoms with van der Waals surface area (Å²) in [5, 5.41) is 0. The van der Waals surface area contributed by atoms with Crippen LogP contribution in [0.2, 0.25) is 0 Å². The van der Waals surface area contributed by atoms with E-state index in [1.54, 1.807) is 0 Å². The first-order valence-corrected chi connectivity index (χ1v) is 6.64. The van der Waals surface area contributed by atoms with Gasteiger partial charge in [-0.3, -0.25) is 9.09 Å². The van der Waals surface area contributed by atoms with Crippen LogP contribution in [0.1, 0.15) is 19.8 Å². The summed E-state index contributed by atoms with van der Waals surface area (Å²) in [5.74, 6) is 0. The molecule has 0 aromatic carbocycles. The third-order valence-electron chi connectivity index (χ3n) is 0.753. The standard InChI is InChI=1S/C4H8Cl3O2P/c1-2-3-4(5)9-10(6,7)8/h4H,2-3H2,1H3. The predicted molar refractivity (Wildman–Crippen MR) is 44.9 cm³/mol. The number of rotatable bonds is 4. The zero-order chi connectivity index (χ0) is 8.20. The Kier molecular flexibility index (Phi) is 5.35. The topological polar surface area (TPSA) is 26.3 Å². The molecule has 0 N–H and O–H groups in total. The molecule has 0 aromatic heterocycles. The molecule has 0 saturated heterocycles. The summed E-state index contributed by atoms with van der Waals surface area (Å²) in [7, 11) is 0. The molecule has 62 valence electrons. The van der Waals surface area contributed by atoms with Crippen molar-refractivity contribution in [1.82, 2.24) is 0 Å². The highest BCUT2D eigenvalue weighted by Crippen LogP contribution is 2.59. The van der Waals surface area contributed by atoms with E-state index in [9.17, 15) is 4.57 Å². The molecule has 0 aromatic rings. The van der Waals surface area contributed by atoms with Crippen LogP contribution >= 0.6 is 40.2 Å². The van der Waals surface area contributed by atoms with Crippen LogP contribution in [-0.2, 0) is 9.09 Å². The van der Waals surface area contributed by atoms with Crippen molar-refractivity contribution < 1.29 is 9.09 Å². The molecule has 0 aliphatic heterocycles. The van der Waals surface area contributed by atoms with E-state index in [0.717, 1.165) is 6.42 Å². The molecule has 0 heterocycles. The van der Waals surface area contributed by atoms with Crippen molar-refractivity contribution in [3.05, 3.63) is 0 Å². The first-order valence-electron chi connectivity index (χ1n) is 2.77. The fourth-order valence-electron chi connectivity index (χ4n) is 0.413. The first kappa shape index (κ1) is 11.1. The van der Waals surface area contributed by atoms with E-state index in [1.165, 1.54) is 0 Å². The molecule has 10 heavy (non-hydrogen) atoms. The summed E-state index contributed by atoms with van der Waals surface area (Å²) < 4.78 is 15.1. The smallest absolute Gasteiger partial charge is 0.287 e. The maximum absolute atomic E-state index is 10.5. The van der Waals surface area contributed by atoms with Crippen LogP contribution in [0.3, 0.4) is 0 Å². The fourth-order valence-corrected chi connectivity index (χ4v) is 2.16. The van der Waals surface area contributed by atoms with E-state index in [4.69, 9.17) is 34.1 Å². The molecule has 0 radical (unpaired) electrons. The van der Waals surface area contributed by atoms with Gasteiger partial charge in [-0.05, 0) is 28.9 Å². The van der Waals surface area contributed by atoms with Gasteiger partial charge >= 0.3 is 6.07 Å². The molecule has 0 amide bonds. The summed E-state index contributed by atoms with van der Waals surface area (Å²) in [6.07, 6.45) is -2.02. The molecular formula is C4H8Cl3O2P. The molecule has 0 spiro atoms. The van der Waals surface area contributed by atoms with Crippen LogP contribution in [0.4, 0.5) is 0 Å².